The minimum atomic E-state index is -1.79. The zero-order valence-corrected chi connectivity index (χ0v) is 21.0. The Morgan fingerprint density at radius 3 is 2.10 bits per heavy atom. The van der Waals surface area contributed by atoms with Gasteiger partial charge in [0.25, 0.3) is 0 Å². The van der Waals surface area contributed by atoms with Gasteiger partial charge in [-0.25, -0.2) is 0 Å². The first-order chi connectivity index (χ1) is 19.5. The first-order valence-electron chi connectivity index (χ1n) is 12.4. The lowest BCUT2D eigenvalue weighted by molar-refractivity contribution is -0.290. The van der Waals surface area contributed by atoms with Gasteiger partial charge in [-0.2, -0.15) is 0 Å². The molecule has 0 bridgehead atoms. The van der Waals surface area contributed by atoms with E-state index in [4.69, 9.17) is 23.4 Å². The minimum Gasteiger partial charge on any atom is -0.507 e. The number of phenols is 3. The van der Waals surface area contributed by atoms with Gasteiger partial charge in [-0.15, -0.1) is 0 Å². The summed E-state index contributed by atoms with van der Waals surface area (Å²) in [7, 11) is 0. The maximum Gasteiger partial charge on any atom is 0.229 e. The number of aromatic hydroxyl groups is 3. The second-order valence-corrected chi connectivity index (χ2v) is 9.67. The molecule has 5 rings (SSSR count). The van der Waals surface area contributed by atoms with Crippen LogP contribution in [0.2, 0.25) is 0 Å². The van der Waals surface area contributed by atoms with Crippen molar-refractivity contribution in [2.75, 3.05) is 13.2 Å². The van der Waals surface area contributed by atoms with Gasteiger partial charge < -0.3 is 69.3 Å². The van der Waals surface area contributed by atoms with Crippen molar-refractivity contribution in [3.63, 3.8) is 0 Å². The Morgan fingerprint density at radius 1 is 0.732 bits per heavy atom. The zero-order chi connectivity index (χ0) is 29.6. The second-order valence-electron chi connectivity index (χ2n) is 9.67. The average Bonchev–Trinajstić information content (AvgIpc) is 3.21. The highest BCUT2D eigenvalue weighted by Crippen LogP contribution is 2.35. The summed E-state index contributed by atoms with van der Waals surface area (Å²) < 4.78 is 27.5. The van der Waals surface area contributed by atoms with Crippen LogP contribution in [0.15, 0.2) is 45.6 Å². The normalized spacial score (nSPS) is 31.9. The minimum absolute atomic E-state index is 0.0102. The number of hydrogen-bond donors (Lipinski definition) is 9. The van der Waals surface area contributed by atoms with E-state index in [0.29, 0.717) is 0 Å². The standard InChI is InChI=1S/C26H28O15/c27-7-17-20(32)23(35)25(40-17)37-8-18-21(33)22(34)24(36)26(41-18)38-10-4-13(30)19-14(31)6-15(39-16(19)5-10)9-1-2-11(28)12(29)3-9/h1-6,17-18,20-30,32-36H,7-8H2/t17-,18?,20?,21+,22-,23?,24?,25+,26+/m0/s1. The second kappa shape index (κ2) is 11.4. The number of aliphatic hydroxyl groups is 6. The highest BCUT2D eigenvalue weighted by Gasteiger charge is 2.47. The lowest BCUT2D eigenvalue weighted by Gasteiger charge is -2.40. The Labute approximate surface area is 230 Å². The summed E-state index contributed by atoms with van der Waals surface area (Å²) in [4.78, 5) is 12.7. The molecular formula is C26H28O15. The molecule has 41 heavy (non-hydrogen) atoms. The van der Waals surface area contributed by atoms with Gasteiger partial charge in [0, 0.05) is 23.8 Å². The monoisotopic (exact) mass is 580 g/mol. The van der Waals surface area contributed by atoms with Crippen LogP contribution in [0.25, 0.3) is 22.3 Å². The van der Waals surface area contributed by atoms with E-state index in [1.807, 2.05) is 0 Å². The SMILES string of the molecule is O=c1cc(-c2ccc(O)c(O)c2)oc2cc(O[C@@H]3OC(CO[C@@H]4O[C@@H](CO)C(O)C4O)[C@@H](O)[C@H](O)C3O)cc(O)c12. The van der Waals surface area contributed by atoms with Gasteiger partial charge in [-0.3, -0.25) is 4.79 Å². The van der Waals surface area contributed by atoms with E-state index >= 15 is 0 Å². The van der Waals surface area contributed by atoms with Crippen LogP contribution in [-0.2, 0) is 14.2 Å². The van der Waals surface area contributed by atoms with E-state index in [2.05, 4.69) is 0 Å². The third kappa shape index (κ3) is 5.54. The molecule has 3 heterocycles. The number of rotatable bonds is 7. The van der Waals surface area contributed by atoms with Crippen LogP contribution in [0.4, 0.5) is 0 Å². The van der Waals surface area contributed by atoms with E-state index in [0.717, 1.165) is 12.1 Å². The van der Waals surface area contributed by atoms with Crippen molar-refractivity contribution >= 4 is 11.0 Å². The lowest BCUT2D eigenvalue weighted by atomic mass is 9.99. The molecule has 0 radical (unpaired) electrons. The predicted octanol–water partition coefficient (Wildman–Crippen LogP) is -1.78. The molecule has 222 valence electrons. The zero-order valence-electron chi connectivity index (χ0n) is 21.0. The average molecular weight is 580 g/mol. The molecule has 0 saturated carbocycles. The summed E-state index contributed by atoms with van der Waals surface area (Å²) in [5.74, 6) is -1.55. The van der Waals surface area contributed by atoms with Crippen LogP contribution in [0.1, 0.15) is 0 Å². The van der Waals surface area contributed by atoms with Gasteiger partial charge in [0.05, 0.1) is 13.2 Å². The van der Waals surface area contributed by atoms with Crippen molar-refractivity contribution in [2.24, 2.45) is 0 Å². The van der Waals surface area contributed by atoms with Crippen molar-refractivity contribution in [1.82, 2.24) is 0 Å². The van der Waals surface area contributed by atoms with Crippen LogP contribution >= 0.6 is 0 Å². The maximum absolute atomic E-state index is 12.7. The molecule has 0 spiro atoms. The van der Waals surface area contributed by atoms with Gasteiger partial charge in [0.2, 0.25) is 6.29 Å². The third-order valence-corrected chi connectivity index (χ3v) is 6.89. The van der Waals surface area contributed by atoms with Crippen LogP contribution in [-0.4, -0.2) is 114 Å². The van der Waals surface area contributed by atoms with Crippen LogP contribution in [0.3, 0.4) is 0 Å². The Bertz CT molecular complexity index is 1460. The summed E-state index contributed by atoms with van der Waals surface area (Å²) in [6, 6.07) is 7.08. The number of phenolic OH excluding ortho intramolecular Hbond substituents is 3. The molecule has 2 aromatic carbocycles. The first-order valence-corrected chi connectivity index (χ1v) is 12.4. The number of benzene rings is 2. The Morgan fingerprint density at radius 2 is 1.41 bits per heavy atom. The van der Waals surface area contributed by atoms with Gasteiger partial charge >= 0.3 is 0 Å². The van der Waals surface area contributed by atoms with Gasteiger partial charge in [0.1, 0.15) is 71.0 Å². The molecule has 1 aromatic heterocycles. The third-order valence-electron chi connectivity index (χ3n) is 6.89. The molecule has 2 saturated heterocycles. The van der Waals surface area contributed by atoms with E-state index in [1.165, 1.54) is 24.3 Å². The van der Waals surface area contributed by atoms with Crippen LogP contribution in [0, 0.1) is 0 Å². The number of aliphatic hydroxyl groups excluding tert-OH is 6. The fraction of sp³-hybridized carbons (Fsp3) is 0.423. The topological polar surface area (TPSA) is 249 Å². The van der Waals surface area contributed by atoms with Crippen molar-refractivity contribution in [2.45, 2.75) is 55.3 Å². The van der Waals surface area contributed by atoms with Crippen molar-refractivity contribution < 1.29 is 69.3 Å². The summed E-state index contributed by atoms with van der Waals surface area (Å²) in [5.41, 5.74) is -0.539. The number of hydrogen-bond acceptors (Lipinski definition) is 15. The van der Waals surface area contributed by atoms with Gasteiger partial charge in [-0.05, 0) is 18.2 Å². The lowest BCUT2D eigenvalue weighted by Crippen LogP contribution is -2.60. The summed E-state index contributed by atoms with van der Waals surface area (Å²) in [5, 5.41) is 90.0. The molecule has 0 aliphatic carbocycles. The highest BCUT2D eigenvalue weighted by molar-refractivity contribution is 5.86. The molecule has 2 fully saturated rings. The fourth-order valence-electron chi connectivity index (χ4n) is 4.61. The van der Waals surface area contributed by atoms with E-state index in [1.54, 1.807) is 0 Å². The quantitative estimate of drug-likeness (QED) is 0.140. The summed E-state index contributed by atoms with van der Waals surface area (Å²) >= 11 is 0. The van der Waals surface area contributed by atoms with Crippen LogP contribution < -0.4 is 10.2 Å². The molecule has 3 aromatic rings. The van der Waals surface area contributed by atoms with E-state index in [9.17, 15) is 50.8 Å². The molecule has 9 N–H and O–H groups in total. The Kier molecular flexibility index (Phi) is 8.06. The molecule has 9 atom stereocenters. The Hall–Kier alpha value is -3.51. The first kappa shape index (κ1) is 29.0. The molecule has 15 nitrogen and oxygen atoms in total. The summed E-state index contributed by atoms with van der Waals surface area (Å²) in [6.07, 6.45) is -13.6. The molecule has 4 unspecified atom stereocenters. The fourth-order valence-corrected chi connectivity index (χ4v) is 4.61. The largest absolute Gasteiger partial charge is 0.507 e. The molecule has 15 heteroatoms. The molecule has 0 amide bonds. The molecule has 2 aliphatic heterocycles. The van der Waals surface area contributed by atoms with Crippen molar-refractivity contribution in [3.05, 3.63) is 46.6 Å². The van der Waals surface area contributed by atoms with E-state index < -0.39 is 85.4 Å². The Balaban J connectivity index is 1.36. The van der Waals surface area contributed by atoms with Crippen molar-refractivity contribution in [1.29, 1.82) is 0 Å². The smallest absolute Gasteiger partial charge is 0.229 e. The molecule has 2 aliphatic rings. The predicted molar refractivity (Wildman–Crippen MR) is 134 cm³/mol. The van der Waals surface area contributed by atoms with E-state index in [-0.39, 0.29) is 33.8 Å². The maximum atomic E-state index is 12.7. The number of ether oxygens (including phenoxy) is 4. The van der Waals surface area contributed by atoms with Gasteiger partial charge in [0.15, 0.2) is 23.2 Å². The van der Waals surface area contributed by atoms with Gasteiger partial charge in [-0.1, -0.05) is 0 Å². The van der Waals surface area contributed by atoms with Crippen molar-refractivity contribution in [3.8, 4) is 34.3 Å². The number of fused-ring (bicyclic) bond motifs is 1. The highest BCUT2D eigenvalue weighted by atomic mass is 16.7. The molecular weight excluding hydrogens is 552 g/mol. The van der Waals surface area contributed by atoms with Crippen LogP contribution in [0.5, 0.6) is 23.0 Å². The summed E-state index contributed by atoms with van der Waals surface area (Å²) in [6.45, 7) is -1.09.